The molecule has 0 spiro atoms. The van der Waals surface area contributed by atoms with Gasteiger partial charge in [0, 0.05) is 47.9 Å². The van der Waals surface area contributed by atoms with Gasteiger partial charge in [-0.2, -0.15) is 0 Å². The number of nitro benzene ring substituents is 1. The maximum Gasteiger partial charge on any atom is 0.269 e. The zero-order chi connectivity index (χ0) is 22.0. The molecule has 1 aromatic heterocycles. The first-order chi connectivity index (χ1) is 14.9. The third-order valence-corrected chi connectivity index (χ3v) is 6.59. The summed E-state index contributed by atoms with van der Waals surface area (Å²) in [7, 11) is 0. The lowest BCUT2D eigenvalue weighted by molar-refractivity contribution is -0.892. The van der Waals surface area contributed by atoms with E-state index in [9.17, 15) is 14.9 Å². The number of Topliss-reactive ketones (excluding diaryl/α,β-unsaturated/α-hetero) is 1. The van der Waals surface area contributed by atoms with Crippen LogP contribution in [0.15, 0.2) is 30.3 Å². The van der Waals surface area contributed by atoms with Crippen LogP contribution >= 0.6 is 0 Å². The van der Waals surface area contributed by atoms with Crippen LogP contribution in [0.3, 0.4) is 0 Å². The summed E-state index contributed by atoms with van der Waals surface area (Å²) >= 11 is 0. The molecule has 0 saturated carbocycles. The van der Waals surface area contributed by atoms with Crippen molar-refractivity contribution in [2.75, 3.05) is 44.2 Å². The van der Waals surface area contributed by atoms with E-state index in [0.717, 1.165) is 74.8 Å². The van der Waals surface area contributed by atoms with Crippen LogP contribution in [0.25, 0.3) is 0 Å². The third kappa shape index (κ3) is 4.80. The Bertz CT molecular complexity index is 939. The first-order valence-electron chi connectivity index (χ1n) is 11.1. The molecule has 0 radical (unpaired) electrons. The molecule has 0 amide bonds. The summed E-state index contributed by atoms with van der Waals surface area (Å²) < 4.78 is 8.00. The summed E-state index contributed by atoms with van der Waals surface area (Å²) in [5.74, 6) is 0.200. The van der Waals surface area contributed by atoms with E-state index in [1.807, 2.05) is 13.0 Å². The van der Waals surface area contributed by atoms with Gasteiger partial charge in [-0.3, -0.25) is 14.9 Å². The number of quaternary nitrogens is 1. The van der Waals surface area contributed by atoms with Crippen LogP contribution in [0.5, 0.6) is 0 Å². The molecule has 1 N–H and O–H groups in total. The number of carbonyl (C=O) groups is 1. The van der Waals surface area contributed by atoms with Gasteiger partial charge in [0.15, 0.2) is 0 Å². The van der Waals surface area contributed by atoms with Crippen molar-refractivity contribution in [3.63, 3.8) is 0 Å². The van der Waals surface area contributed by atoms with Gasteiger partial charge in [0.2, 0.25) is 5.78 Å². The Labute approximate surface area is 182 Å². The molecule has 2 saturated heterocycles. The summed E-state index contributed by atoms with van der Waals surface area (Å²) in [6.45, 7) is 9.67. The smallest absolute Gasteiger partial charge is 0.269 e. The minimum atomic E-state index is -0.380. The second kappa shape index (κ2) is 9.20. The minimum absolute atomic E-state index is 0.107. The monoisotopic (exact) mass is 427 g/mol. The highest BCUT2D eigenvalue weighted by molar-refractivity contribution is 5.98. The van der Waals surface area contributed by atoms with Crippen molar-refractivity contribution in [3.05, 3.63) is 57.4 Å². The van der Waals surface area contributed by atoms with Crippen molar-refractivity contribution in [3.8, 4) is 0 Å². The first-order valence-corrected chi connectivity index (χ1v) is 11.1. The van der Waals surface area contributed by atoms with E-state index >= 15 is 0 Å². The molecule has 2 aliphatic rings. The normalized spacial score (nSPS) is 19.7. The number of benzene rings is 1. The number of ketones is 1. The van der Waals surface area contributed by atoms with E-state index in [4.69, 9.17) is 4.74 Å². The van der Waals surface area contributed by atoms with Gasteiger partial charge in [-0.05, 0) is 44.9 Å². The Balaban J connectivity index is 1.33. The number of ether oxygens (including phenoxy) is 1. The van der Waals surface area contributed by atoms with E-state index < -0.39 is 0 Å². The number of aromatic nitrogens is 1. The number of rotatable bonds is 7. The molecule has 166 valence electrons. The molecular weight excluding hydrogens is 396 g/mol. The van der Waals surface area contributed by atoms with Crippen LogP contribution in [0.4, 0.5) is 11.4 Å². The van der Waals surface area contributed by atoms with Crippen LogP contribution in [0.1, 0.15) is 34.6 Å². The Morgan fingerprint density at radius 3 is 2.55 bits per heavy atom. The predicted octanol–water partition coefficient (Wildman–Crippen LogP) is 1.78. The number of aryl methyl sites for hydroxylation is 1. The second-order valence-corrected chi connectivity index (χ2v) is 8.64. The lowest BCUT2D eigenvalue weighted by atomic mass is 10.1. The second-order valence-electron chi connectivity index (χ2n) is 8.64. The van der Waals surface area contributed by atoms with E-state index in [1.54, 1.807) is 24.3 Å². The van der Waals surface area contributed by atoms with E-state index in [2.05, 4.69) is 16.4 Å². The molecule has 3 heterocycles. The van der Waals surface area contributed by atoms with E-state index in [1.165, 1.54) is 4.90 Å². The molecule has 2 aromatic rings. The van der Waals surface area contributed by atoms with Gasteiger partial charge in [-0.1, -0.05) is 0 Å². The molecule has 1 aromatic carbocycles. The van der Waals surface area contributed by atoms with Gasteiger partial charge in [-0.25, -0.2) is 0 Å². The number of nitrogens with zero attached hydrogens (tertiary/aromatic N) is 3. The zero-order valence-electron chi connectivity index (χ0n) is 18.3. The first kappa shape index (κ1) is 21.5. The zero-order valence-corrected chi connectivity index (χ0v) is 18.3. The molecular formula is C23H31N4O4+. The van der Waals surface area contributed by atoms with Crippen LogP contribution < -0.4 is 9.80 Å². The van der Waals surface area contributed by atoms with Crippen molar-refractivity contribution in [2.24, 2.45) is 0 Å². The lowest BCUT2D eigenvalue weighted by Gasteiger charge is -2.33. The van der Waals surface area contributed by atoms with E-state index in [-0.39, 0.29) is 22.5 Å². The Morgan fingerprint density at radius 2 is 1.94 bits per heavy atom. The largest absolute Gasteiger partial charge is 0.376 e. The molecule has 0 aliphatic carbocycles. The number of hydrogen-bond donors (Lipinski definition) is 1. The summed E-state index contributed by atoms with van der Waals surface area (Å²) in [5.41, 5.74) is 4.10. The maximum absolute atomic E-state index is 13.0. The van der Waals surface area contributed by atoms with Gasteiger partial charge in [0.05, 0.1) is 37.2 Å². The van der Waals surface area contributed by atoms with Gasteiger partial charge >= 0.3 is 0 Å². The summed E-state index contributed by atoms with van der Waals surface area (Å²) in [4.78, 5) is 27.0. The topological polar surface area (TPSA) is 82.0 Å². The molecule has 4 rings (SSSR count). The highest BCUT2D eigenvalue weighted by atomic mass is 16.6. The Morgan fingerprint density at radius 1 is 1.23 bits per heavy atom. The van der Waals surface area contributed by atoms with Crippen molar-refractivity contribution < 1.29 is 19.4 Å². The average Bonchev–Trinajstić information content (AvgIpc) is 3.38. The van der Waals surface area contributed by atoms with Crippen molar-refractivity contribution in [2.45, 2.75) is 39.3 Å². The third-order valence-electron chi connectivity index (χ3n) is 6.59. The molecule has 8 nitrogen and oxygen atoms in total. The van der Waals surface area contributed by atoms with Crippen LogP contribution in [-0.2, 0) is 11.3 Å². The van der Waals surface area contributed by atoms with Crippen molar-refractivity contribution in [1.82, 2.24) is 4.57 Å². The van der Waals surface area contributed by atoms with Gasteiger partial charge in [0.25, 0.3) is 5.69 Å². The summed E-state index contributed by atoms with van der Waals surface area (Å²) in [5, 5.41) is 10.8. The molecule has 31 heavy (non-hydrogen) atoms. The summed E-state index contributed by atoms with van der Waals surface area (Å²) in [6.07, 6.45) is 2.46. The number of anilines is 1. The van der Waals surface area contributed by atoms with Crippen molar-refractivity contribution >= 4 is 17.2 Å². The number of carbonyl (C=O) groups excluding carboxylic acids is 1. The number of nitrogens with one attached hydrogen (secondary N) is 1. The fourth-order valence-corrected chi connectivity index (χ4v) is 4.72. The Kier molecular flexibility index (Phi) is 6.38. The fourth-order valence-electron chi connectivity index (χ4n) is 4.72. The maximum atomic E-state index is 13.0. The predicted molar refractivity (Wildman–Crippen MR) is 118 cm³/mol. The van der Waals surface area contributed by atoms with Gasteiger partial charge in [0.1, 0.15) is 6.54 Å². The van der Waals surface area contributed by atoms with Crippen molar-refractivity contribution in [1.29, 1.82) is 0 Å². The average molecular weight is 428 g/mol. The molecule has 2 fully saturated rings. The van der Waals surface area contributed by atoms with Crippen LogP contribution in [0, 0.1) is 24.0 Å². The molecule has 8 heteroatoms. The number of nitro groups is 1. The number of piperazine rings is 1. The summed E-state index contributed by atoms with van der Waals surface area (Å²) in [6, 6.07) is 8.72. The number of non-ortho nitro benzene ring substituents is 1. The van der Waals surface area contributed by atoms with Gasteiger partial charge < -0.3 is 19.1 Å². The molecule has 0 unspecified atom stereocenters. The standard InChI is InChI=1S/C23H30N4O4/c1-17-14-22(18(2)26(17)15-21-4-3-13-31-21)23(28)16-24-9-11-25(12-10-24)19-5-7-20(8-6-19)27(29)30/h5-8,14,21H,3-4,9-13,15-16H2,1-2H3/p+1/t21-/m0/s1. The molecule has 0 bridgehead atoms. The SMILES string of the molecule is Cc1cc(C(=O)C[NH+]2CCN(c3ccc([N+](=O)[O-])cc3)CC2)c(C)n1C[C@@H]1CCCO1. The van der Waals surface area contributed by atoms with Gasteiger partial charge in [-0.15, -0.1) is 0 Å². The minimum Gasteiger partial charge on any atom is -0.376 e. The van der Waals surface area contributed by atoms with Crippen LogP contribution in [-0.4, -0.2) is 60.7 Å². The van der Waals surface area contributed by atoms with E-state index in [0.29, 0.717) is 6.54 Å². The Hall–Kier alpha value is -2.71. The highest BCUT2D eigenvalue weighted by Crippen LogP contribution is 2.21. The highest BCUT2D eigenvalue weighted by Gasteiger charge is 2.26. The molecule has 1 atom stereocenters. The quantitative estimate of drug-likeness (QED) is 0.414. The van der Waals surface area contributed by atoms with Crippen LogP contribution in [0.2, 0.25) is 0 Å². The lowest BCUT2D eigenvalue weighted by Crippen LogP contribution is -3.15. The molecule has 2 aliphatic heterocycles. The fraction of sp³-hybridized carbons (Fsp3) is 0.522. The number of hydrogen-bond acceptors (Lipinski definition) is 5.